The van der Waals surface area contributed by atoms with Crippen LogP contribution in [0, 0.1) is 5.92 Å². The fourth-order valence-corrected chi connectivity index (χ4v) is 4.24. The number of piperidine rings is 1. The maximum absolute atomic E-state index is 6.32. The molecule has 0 radical (unpaired) electrons. The van der Waals surface area contributed by atoms with Crippen LogP contribution in [-0.4, -0.2) is 24.0 Å². The van der Waals surface area contributed by atoms with Gasteiger partial charge >= 0.3 is 0 Å². The first-order valence-electron chi connectivity index (χ1n) is 6.60. The van der Waals surface area contributed by atoms with Crippen molar-refractivity contribution in [3.8, 4) is 0 Å². The van der Waals surface area contributed by atoms with Crippen LogP contribution in [0.5, 0.6) is 0 Å². The minimum atomic E-state index is 0.168. The molecule has 1 aliphatic heterocycles. The van der Waals surface area contributed by atoms with Gasteiger partial charge in [0, 0.05) is 34.7 Å². The van der Waals surface area contributed by atoms with E-state index in [1.807, 2.05) is 18.2 Å². The molecule has 2 aliphatic rings. The van der Waals surface area contributed by atoms with E-state index in [2.05, 4.69) is 4.90 Å². The van der Waals surface area contributed by atoms with Crippen molar-refractivity contribution in [1.82, 2.24) is 4.90 Å². The van der Waals surface area contributed by atoms with Gasteiger partial charge in [0.1, 0.15) is 0 Å². The molecule has 4 heteroatoms. The topological polar surface area (TPSA) is 29.3 Å². The van der Waals surface area contributed by atoms with Crippen molar-refractivity contribution in [2.45, 2.75) is 31.3 Å². The minimum Gasteiger partial charge on any atom is -0.329 e. The quantitative estimate of drug-likeness (QED) is 0.921. The molecule has 0 amide bonds. The van der Waals surface area contributed by atoms with Crippen LogP contribution >= 0.6 is 23.2 Å². The van der Waals surface area contributed by atoms with Gasteiger partial charge in [-0.15, -0.1) is 0 Å². The van der Waals surface area contributed by atoms with Gasteiger partial charge < -0.3 is 5.73 Å². The normalized spacial score (nSPS) is 28.8. The lowest BCUT2D eigenvalue weighted by Crippen LogP contribution is -2.39. The number of likely N-dealkylation sites (tertiary alicyclic amines) is 1. The number of benzene rings is 1. The number of nitrogens with two attached hydrogens (primary N) is 1. The molecule has 1 aliphatic carbocycles. The van der Waals surface area contributed by atoms with E-state index in [1.165, 1.54) is 19.3 Å². The zero-order valence-corrected chi connectivity index (χ0v) is 11.8. The van der Waals surface area contributed by atoms with Gasteiger partial charge in [-0.05, 0) is 37.3 Å². The van der Waals surface area contributed by atoms with Gasteiger partial charge in [-0.2, -0.15) is 0 Å². The highest BCUT2D eigenvalue weighted by molar-refractivity contribution is 6.36. The molecule has 2 fully saturated rings. The number of hydrogen-bond donors (Lipinski definition) is 1. The van der Waals surface area contributed by atoms with Gasteiger partial charge in [0.05, 0.1) is 6.04 Å². The molecule has 2 bridgehead atoms. The lowest BCUT2D eigenvalue weighted by atomic mass is 10.0. The van der Waals surface area contributed by atoms with Crippen LogP contribution in [0.15, 0.2) is 18.2 Å². The Bertz CT molecular complexity index is 429. The smallest absolute Gasteiger partial charge is 0.0503 e. The molecule has 1 saturated carbocycles. The fraction of sp³-hybridized carbons (Fsp3) is 0.571. The van der Waals surface area contributed by atoms with Gasteiger partial charge in [0.25, 0.3) is 0 Å². The minimum absolute atomic E-state index is 0.168. The summed E-state index contributed by atoms with van der Waals surface area (Å²) in [6, 6.07) is 6.54. The third-order valence-electron chi connectivity index (χ3n) is 4.41. The monoisotopic (exact) mass is 284 g/mol. The van der Waals surface area contributed by atoms with Crippen LogP contribution in [0.25, 0.3) is 0 Å². The maximum atomic E-state index is 6.32. The molecule has 2 N–H and O–H groups in total. The second kappa shape index (κ2) is 5.01. The molecular formula is C14H18Cl2N2. The summed E-state index contributed by atoms with van der Waals surface area (Å²) in [5, 5.41) is 1.47. The first-order valence-corrected chi connectivity index (χ1v) is 7.36. The molecule has 1 aromatic carbocycles. The van der Waals surface area contributed by atoms with Gasteiger partial charge in [-0.25, -0.2) is 0 Å². The molecule has 3 unspecified atom stereocenters. The van der Waals surface area contributed by atoms with E-state index in [4.69, 9.17) is 28.9 Å². The van der Waals surface area contributed by atoms with Crippen LogP contribution in [0.3, 0.4) is 0 Å². The van der Waals surface area contributed by atoms with E-state index >= 15 is 0 Å². The van der Waals surface area contributed by atoms with Crippen molar-refractivity contribution in [2.75, 3.05) is 13.1 Å². The van der Waals surface area contributed by atoms with E-state index in [9.17, 15) is 0 Å². The van der Waals surface area contributed by atoms with Crippen LogP contribution in [0.2, 0.25) is 10.0 Å². The van der Waals surface area contributed by atoms with Crippen LogP contribution < -0.4 is 5.73 Å². The molecule has 18 heavy (non-hydrogen) atoms. The average Bonchev–Trinajstić information content (AvgIpc) is 2.96. The van der Waals surface area contributed by atoms with E-state index in [1.54, 1.807) is 0 Å². The molecule has 0 spiro atoms. The van der Waals surface area contributed by atoms with E-state index in [0.717, 1.165) is 28.1 Å². The van der Waals surface area contributed by atoms with Crippen molar-refractivity contribution in [2.24, 2.45) is 11.7 Å². The summed E-state index contributed by atoms with van der Waals surface area (Å²) >= 11 is 12.6. The van der Waals surface area contributed by atoms with Gasteiger partial charge in [-0.1, -0.05) is 29.3 Å². The van der Waals surface area contributed by atoms with Gasteiger partial charge in [0.15, 0.2) is 0 Å². The van der Waals surface area contributed by atoms with Crippen molar-refractivity contribution < 1.29 is 0 Å². The Balaban J connectivity index is 1.93. The van der Waals surface area contributed by atoms with Crippen molar-refractivity contribution in [3.63, 3.8) is 0 Å². The van der Waals surface area contributed by atoms with E-state index in [0.29, 0.717) is 12.6 Å². The third-order valence-corrected chi connectivity index (χ3v) is 5.07. The van der Waals surface area contributed by atoms with Crippen molar-refractivity contribution in [1.29, 1.82) is 0 Å². The zero-order chi connectivity index (χ0) is 12.7. The summed E-state index contributed by atoms with van der Waals surface area (Å²) in [6.45, 7) is 1.72. The lowest BCUT2D eigenvalue weighted by molar-refractivity contribution is 0.153. The second-order valence-corrected chi connectivity index (χ2v) is 6.23. The van der Waals surface area contributed by atoms with Crippen LogP contribution in [0.4, 0.5) is 0 Å². The standard InChI is InChI=1S/C14H18Cl2N2/c15-11-2-1-3-12(16)14(11)13(7-17)18-8-9-4-5-10(18)6-9/h1-3,9-10,13H,4-8,17H2. The molecule has 1 aromatic rings. The fourth-order valence-electron chi connectivity index (χ4n) is 3.59. The molecule has 1 saturated heterocycles. The van der Waals surface area contributed by atoms with Gasteiger partial charge in [0.2, 0.25) is 0 Å². The highest BCUT2D eigenvalue weighted by Gasteiger charge is 2.41. The van der Waals surface area contributed by atoms with Crippen LogP contribution in [0.1, 0.15) is 30.9 Å². The Morgan fingerprint density at radius 2 is 2.00 bits per heavy atom. The SMILES string of the molecule is NCC(c1c(Cl)cccc1Cl)N1CC2CCC1C2. The number of nitrogens with zero attached hydrogens (tertiary/aromatic N) is 1. The first kappa shape index (κ1) is 12.7. The first-order chi connectivity index (χ1) is 8.70. The molecule has 98 valence electrons. The molecule has 2 nitrogen and oxygen atoms in total. The Morgan fingerprint density at radius 1 is 1.28 bits per heavy atom. The van der Waals surface area contributed by atoms with E-state index in [-0.39, 0.29) is 6.04 Å². The lowest BCUT2D eigenvalue weighted by Gasteiger charge is -2.35. The Hall–Kier alpha value is -0.280. The molecule has 1 heterocycles. The largest absolute Gasteiger partial charge is 0.329 e. The Labute approximate surface area is 118 Å². The number of hydrogen-bond acceptors (Lipinski definition) is 2. The van der Waals surface area contributed by atoms with Gasteiger partial charge in [-0.3, -0.25) is 4.90 Å². The van der Waals surface area contributed by atoms with Crippen LogP contribution in [-0.2, 0) is 0 Å². The summed E-state index contributed by atoms with van der Waals surface area (Å²) in [7, 11) is 0. The molecule has 0 aromatic heterocycles. The van der Waals surface area contributed by atoms with Crippen molar-refractivity contribution >= 4 is 23.2 Å². The average molecular weight is 285 g/mol. The summed E-state index contributed by atoms with van der Waals surface area (Å²) in [4.78, 5) is 2.52. The highest BCUT2D eigenvalue weighted by atomic mass is 35.5. The van der Waals surface area contributed by atoms with Crippen molar-refractivity contribution in [3.05, 3.63) is 33.8 Å². The third kappa shape index (κ3) is 2.05. The number of rotatable bonds is 3. The van der Waals surface area contributed by atoms with E-state index < -0.39 is 0 Å². The predicted molar refractivity (Wildman–Crippen MR) is 76.1 cm³/mol. The molecule has 3 atom stereocenters. The summed E-state index contributed by atoms with van der Waals surface area (Å²) in [5.74, 6) is 0.852. The number of fused-ring (bicyclic) bond motifs is 2. The molecule has 3 rings (SSSR count). The number of halogens is 2. The Morgan fingerprint density at radius 3 is 2.50 bits per heavy atom. The summed E-state index contributed by atoms with van der Waals surface area (Å²) in [5.41, 5.74) is 7.01. The maximum Gasteiger partial charge on any atom is 0.0503 e. The molecular weight excluding hydrogens is 267 g/mol. The zero-order valence-electron chi connectivity index (χ0n) is 10.3. The Kier molecular flexibility index (Phi) is 3.55. The predicted octanol–water partition coefficient (Wildman–Crippen LogP) is 3.48. The second-order valence-electron chi connectivity index (χ2n) is 5.42. The summed E-state index contributed by atoms with van der Waals surface area (Å²) in [6.07, 6.45) is 3.98. The highest BCUT2D eigenvalue weighted by Crippen LogP contribution is 2.44. The summed E-state index contributed by atoms with van der Waals surface area (Å²) < 4.78 is 0.